The van der Waals surface area contributed by atoms with Gasteiger partial charge in [0, 0.05) is 4.90 Å². The van der Waals surface area contributed by atoms with Crippen LogP contribution in [0.15, 0.2) is 22.0 Å². The van der Waals surface area contributed by atoms with E-state index >= 15 is 0 Å². The van der Waals surface area contributed by atoms with Gasteiger partial charge in [0.25, 0.3) is 0 Å². The molecule has 1 fully saturated rings. The quantitative estimate of drug-likeness (QED) is 0.510. The Morgan fingerprint density at radius 3 is 2.45 bits per heavy atom. The maximum absolute atomic E-state index is 12.4. The lowest BCUT2D eigenvalue weighted by atomic mass is 10.1. The summed E-state index contributed by atoms with van der Waals surface area (Å²) < 4.78 is 49.2. The fourth-order valence-corrected chi connectivity index (χ4v) is 3.26. The second-order valence-electron chi connectivity index (χ2n) is 5.47. The molecule has 0 aromatic heterocycles. The molecular formula is C14H16ClF3N2OS. The van der Waals surface area contributed by atoms with Crippen molar-refractivity contribution in [2.45, 2.75) is 42.6 Å². The van der Waals surface area contributed by atoms with Gasteiger partial charge in [0.2, 0.25) is 0 Å². The largest absolute Gasteiger partial charge is 0.400 e. The highest BCUT2D eigenvalue weighted by Crippen LogP contribution is 2.43. The van der Waals surface area contributed by atoms with E-state index < -0.39 is 27.6 Å². The Labute approximate surface area is 134 Å². The fraction of sp³-hybridized carbons (Fsp3) is 0.500. The number of aryl methyl sites for hydroxylation is 2. The molecular weight excluding hydrogens is 337 g/mol. The molecule has 2 N–H and O–H groups in total. The molecule has 1 aliphatic rings. The zero-order chi connectivity index (χ0) is 16.7. The van der Waals surface area contributed by atoms with E-state index in [9.17, 15) is 17.4 Å². The molecule has 0 saturated heterocycles. The van der Waals surface area contributed by atoms with Gasteiger partial charge >= 0.3 is 6.18 Å². The standard InChI is InChI=1S/C14H16ClF3N2OS/c1-8-5-9(2)11(22(21)7-14(16,17)18)6-10(8)20-12(19)13(15)3-4-13/h5-6H,3-4,7H2,1-2H3,(H2,19,20). The summed E-state index contributed by atoms with van der Waals surface area (Å²) >= 11 is 6.15. The van der Waals surface area contributed by atoms with Crippen molar-refractivity contribution in [1.29, 1.82) is 0 Å². The number of nitrogens with zero attached hydrogens (tertiary/aromatic N) is 1. The summed E-state index contributed by atoms with van der Waals surface area (Å²) in [6.45, 7) is 3.39. The van der Waals surface area contributed by atoms with Crippen LogP contribution in [0.2, 0.25) is 0 Å². The summed E-state index contributed by atoms with van der Waals surface area (Å²) in [4.78, 5) is 3.70. The van der Waals surface area contributed by atoms with Gasteiger partial charge in [0.1, 0.15) is 16.5 Å². The Kier molecular flexibility index (Phi) is 4.59. The molecule has 22 heavy (non-hydrogen) atoms. The van der Waals surface area contributed by atoms with Crippen LogP contribution in [-0.4, -0.2) is 26.8 Å². The number of benzene rings is 1. The third-order valence-corrected chi connectivity index (χ3v) is 5.51. The molecule has 0 bridgehead atoms. The van der Waals surface area contributed by atoms with Gasteiger partial charge in [-0.15, -0.1) is 11.6 Å². The first-order chi connectivity index (χ1) is 10.0. The number of alkyl halides is 4. The van der Waals surface area contributed by atoms with Crippen molar-refractivity contribution in [1.82, 2.24) is 0 Å². The first-order valence-corrected chi connectivity index (χ1v) is 8.31. The van der Waals surface area contributed by atoms with Crippen LogP contribution in [0.3, 0.4) is 0 Å². The van der Waals surface area contributed by atoms with Crippen LogP contribution in [0.5, 0.6) is 0 Å². The van der Waals surface area contributed by atoms with Gasteiger partial charge in [-0.2, -0.15) is 13.2 Å². The second-order valence-corrected chi connectivity index (χ2v) is 7.61. The van der Waals surface area contributed by atoms with E-state index in [-0.39, 0.29) is 10.7 Å². The molecule has 122 valence electrons. The van der Waals surface area contributed by atoms with Crippen LogP contribution in [0.4, 0.5) is 18.9 Å². The molecule has 0 radical (unpaired) electrons. The lowest BCUT2D eigenvalue weighted by molar-refractivity contribution is -0.105. The van der Waals surface area contributed by atoms with Gasteiger partial charge in [-0.1, -0.05) is 6.07 Å². The predicted octanol–water partition coefficient (Wildman–Crippen LogP) is 3.73. The maximum Gasteiger partial charge on any atom is 0.400 e. The maximum atomic E-state index is 12.4. The van der Waals surface area contributed by atoms with Crippen LogP contribution in [0, 0.1) is 13.8 Å². The lowest BCUT2D eigenvalue weighted by Crippen LogP contribution is -2.25. The second kappa shape index (κ2) is 5.85. The van der Waals surface area contributed by atoms with E-state index in [1.165, 1.54) is 6.07 Å². The summed E-state index contributed by atoms with van der Waals surface area (Å²) in [5.41, 5.74) is 7.52. The van der Waals surface area contributed by atoms with Crippen LogP contribution in [-0.2, 0) is 10.8 Å². The third-order valence-electron chi connectivity index (χ3n) is 3.42. The van der Waals surface area contributed by atoms with Crippen LogP contribution in [0.1, 0.15) is 24.0 Å². The summed E-state index contributed by atoms with van der Waals surface area (Å²) in [5.74, 6) is -1.14. The third kappa shape index (κ3) is 4.01. The van der Waals surface area contributed by atoms with Gasteiger partial charge < -0.3 is 5.73 Å². The summed E-state index contributed by atoms with van der Waals surface area (Å²) in [7, 11) is -2.17. The van der Waals surface area contributed by atoms with Crippen molar-refractivity contribution >= 4 is 33.9 Å². The molecule has 1 saturated carbocycles. The Balaban J connectivity index is 2.37. The van der Waals surface area contributed by atoms with E-state index in [0.717, 1.165) is 18.4 Å². The highest BCUT2D eigenvalue weighted by molar-refractivity contribution is 7.85. The van der Waals surface area contributed by atoms with Crippen LogP contribution in [0.25, 0.3) is 0 Å². The molecule has 0 aliphatic heterocycles. The van der Waals surface area contributed by atoms with Crippen molar-refractivity contribution in [2.75, 3.05) is 5.75 Å². The van der Waals surface area contributed by atoms with Gasteiger partial charge in [0.05, 0.1) is 16.5 Å². The highest BCUT2D eigenvalue weighted by Gasteiger charge is 2.44. The molecule has 0 heterocycles. The van der Waals surface area contributed by atoms with Gasteiger partial charge in [0.15, 0.2) is 0 Å². The molecule has 1 aromatic carbocycles. The Bertz CT molecular complexity index is 654. The average Bonchev–Trinajstić information content (AvgIpc) is 3.09. The normalized spacial score (nSPS) is 19.1. The number of hydrogen-bond acceptors (Lipinski definition) is 2. The molecule has 8 heteroatoms. The zero-order valence-electron chi connectivity index (χ0n) is 12.1. The number of aliphatic imine (C=N–C) groups is 1. The molecule has 3 nitrogen and oxygen atoms in total. The van der Waals surface area contributed by atoms with E-state index in [0.29, 0.717) is 11.3 Å². The zero-order valence-corrected chi connectivity index (χ0v) is 13.7. The van der Waals surface area contributed by atoms with Gasteiger partial charge in [-0.3, -0.25) is 4.21 Å². The molecule has 0 amide bonds. The van der Waals surface area contributed by atoms with Crippen molar-refractivity contribution in [3.8, 4) is 0 Å². The number of amidine groups is 1. The number of rotatable bonds is 4. The number of halogens is 4. The van der Waals surface area contributed by atoms with E-state index in [2.05, 4.69) is 4.99 Å². The average molecular weight is 353 g/mol. The van der Waals surface area contributed by atoms with Gasteiger partial charge in [-0.25, -0.2) is 4.99 Å². The van der Waals surface area contributed by atoms with Crippen LogP contribution >= 0.6 is 11.6 Å². The highest BCUT2D eigenvalue weighted by atomic mass is 35.5. The molecule has 1 atom stereocenters. The minimum Gasteiger partial charge on any atom is -0.386 e. The summed E-state index contributed by atoms with van der Waals surface area (Å²) in [6.07, 6.45) is -3.04. The minimum absolute atomic E-state index is 0.119. The van der Waals surface area contributed by atoms with E-state index in [1.807, 2.05) is 0 Å². The van der Waals surface area contributed by atoms with Crippen LogP contribution < -0.4 is 5.73 Å². The van der Waals surface area contributed by atoms with Crippen molar-refractivity contribution in [3.63, 3.8) is 0 Å². The first-order valence-electron chi connectivity index (χ1n) is 6.62. The lowest BCUT2D eigenvalue weighted by Gasteiger charge is -2.12. The predicted molar refractivity (Wildman–Crippen MR) is 82.3 cm³/mol. The summed E-state index contributed by atoms with van der Waals surface area (Å²) in [6, 6.07) is 3.06. The van der Waals surface area contributed by atoms with Crippen molar-refractivity contribution in [3.05, 3.63) is 23.3 Å². The first kappa shape index (κ1) is 17.3. The van der Waals surface area contributed by atoms with Crippen molar-refractivity contribution in [2.24, 2.45) is 10.7 Å². The SMILES string of the molecule is Cc1cc(C)c(S(=O)CC(F)(F)F)cc1N=C(N)C1(Cl)CC1. The molecule has 1 aliphatic carbocycles. The Morgan fingerprint density at radius 1 is 1.36 bits per heavy atom. The van der Waals surface area contributed by atoms with Crippen molar-refractivity contribution < 1.29 is 17.4 Å². The van der Waals surface area contributed by atoms with E-state index in [4.69, 9.17) is 17.3 Å². The molecule has 2 rings (SSSR count). The monoisotopic (exact) mass is 352 g/mol. The smallest absolute Gasteiger partial charge is 0.386 e. The fourth-order valence-electron chi connectivity index (χ4n) is 2.01. The topological polar surface area (TPSA) is 55.5 Å². The summed E-state index contributed by atoms with van der Waals surface area (Å²) in [5, 5.41) is 0. The number of hydrogen-bond donors (Lipinski definition) is 1. The molecule has 1 unspecified atom stereocenters. The molecule has 1 aromatic rings. The Hall–Kier alpha value is -1.08. The minimum atomic E-state index is -4.49. The van der Waals surface area contributed by atoms with E-state index in [1.54, 1.807) is 19.9 Å². The Morgan fingerprint density at radius 2 is 1.95 bits per heavy atom. The number of nitrogens with two attached hydrogens (primary N) is 1. The van der Waals surface area contributed by atoms with Gasteiger partial charge in [-0.05, 0) is 43.9 Å². The molecule has 0 spiro atoms.